The number of aliphatic hydroxyl groups is 1. The quantitative estimate of drug-likeness (QED) is 0.389. The maximum Gasteiger partial charge on any atom is 0.115 e. The normalized spacial score (nSPS) is 11.5. The molecule has 0 saturated carbocycles. The zero-order chi connectivity index (χ0) is 13.5. The van der Waals surface area contributed by atoms with Crippen molar-refractivity contribution in [2.24, 2.45) is 0 Å². The first-order valence-electron chi connectivity index (χ1n) is 7.12. The Morgan fingerprint density at radius 2 is 1.78 bits per heavy atom. The molecule has 0 aliphatic heterocycles. The lowest BCUT2D eigenvalue weighted by Gasteiger charge is -1.95. The molecule has 0 aromatic rings. The van der Waals surface area contributed by atoms with Gasteiger partial charge in [0.1, 0.15) is 6.10 Å². The van der Waals surface area contributed by atoms with E-state index in [4.69, 9.17) is 5.11 Å². The second-order valence-corrected chi connectivity index (χ2v) is 4.37. The largest absolute Gasteiger partial charge is 0.380 e. The zero-order valence-electron chi connectivity index (χ0n) is 11.8. The van der Waals surface area contributed by atoms with Crippen LogP contribution in [0.1, 0.15) is 65.2 Å². The molecule has 0 aromatic heterocycles. The minimum absolute atomic E-state index is 0.530. The van der Waals surface area contributed by atoms with Crippen molar-refractivity contribution in [3.05, 3.63) is 12.2 Å². The van der Waals surface area contributed by atoms with Crippen LogP contribution in [-0.4, -0.2) is 11.2 Å². The van der Waals surface area contributed by atoms with Crippen LogP contribution in [0.25, 0.3) is 0 Å². The van der Waals surface area contributed by atoms with E-state index in [1.54, 1.807) is 0 Å². The number of allylic oxidation sites excluding steroid dienone is 2. The highest BCUT2D eigenvalue weighted by Crippen LogP contribution is 2.05. The first-order chi connectivity index (χ1) is 8.81. The Hall–Kier alpha value is -1.18. The van der Waals surface area contributed by atoms with E-state index in [9.17, 15) is 0 Å². The van der Waals surface area contributed by atoms with Crippen LogP contribution in [0.5, 0.6) is 0 Å². The van der Waals surface area contributed by atoms with Crippen molar-refractivity contribution in [1.82, 2.24) is 0 Å². The van der Waals surface area contributed by atoms with Crippen LogP contribution in [0.15, 0.2) is 12.2 Å². The van der Waals surface area contributed by atoms with Gasteiger partial charge in [-0.2, -0.15) is 0 Å². The van der Waals surface area contributed by atoms with E-state index in [1.807, 2.05) is 6.92 Å². The molecule has 0 rings (SSSR count). The smallest absolute Gasteiger partial charge is 0.115 e. The Labute approximate surface area is 113 Å². The van der Waals surface area contributed by atoms with Gasteiger partial charge < -0.3 is 5.11 Å². The summed E-state index contributed by atoms with van der Waals surface area (Å²) >= 11 is 0. The van der Waals surface area contributed by atoms with Crippen LogP contribution >= 0.6 is 0 Å². The molecule has 0 heterocycles. The van der Waals surface area contributed by atoms with Crippen LogP contribution in [0, 0.1) is 23.7 Å². The van der Waals surface area contributed by atoms with Crippen molar-refractivity contribution >= 4 is 0 Å². The van der Waals surface area contributed by atoms with Crippen LogP contribution in [-0.2, 0) is 0 Å². The first-order valence-corrected chi connectivity index (χ1v) is 7.12. The lowest BCUT2D eigenvalue weighted by molar-refractivity contribution is 0.228. The third-order valence-electron chi connectivity index (χ3n) is 2.64. The van der Waals surface area contributed by atoms with Gasteiger partial charge in [-0.05, 0) is 31.1 Å². The third kappa shape index (κ3) is 12.9. The van der Waals surface area contributed by atoms with Crippen molar-refractivity contribution in [2.45, 2.75) is 71.3 Å². The van der Waals surface area contributed by atoms with Gasteiger partial charge in [0.25, 0.3) is 0 Å². The molecule has 0 aliphatic carbocycles. The predicted molar refractivity (Wildman–Crippen MR) is 79.0 cm³/mol. The summed E-state index contributed by atoms with van der Waals surface area (Å²) in [7, 11) is 0. The summed E-state index contributed by atoms with van der Waals surface area (Å²) < 4.78 is 0. The number of unbranched alkanes of at least 4 members (excludes halogenated alkanes) is 5. The molecule has 0 spiro atoms. The number of hydrogen-bond donors (Lipinski definition) is 1. The molecule has 0 unspecified atom stereocenters. The van der Waals surface area contributed by atoms with Gasteiger partial charge in [0, 0.05) is 6.42 Å². The van der Waals surface area contributed by atoms with E-state index in [2.05, 4.69) is 42.8 Å². The van der Waals surface area contributed by atoms with Crippen LogP contribution in [0.3, 0.4) is 0 Å². The van der Waals surface area contributed by atoms with Gasteiger partial charge in [-0.15, -0.1) is 0 Å². The van der Waals surface area contributed by atoms with Crippen LogP contribution in [0.4, 0.5) is 0 Å². The zero-order valence-corrected chi connectivity index (χ0v) is 11.8. The molecule has 0 fully saturated rings. The Balaban J connectivity index is 3.47. The summed E-state index contributed by atoms with van der Waals surface area (Å²) in [4.78, 5) is 0. The van der Waals surface area contributed by atoms with Crippen molar-refractivity contribution in [2.75, 3.05) is 0 Å². The van der Waals surface area contributed by atoms with E-state index >= 15 is 0 Å². The van der Waals surface area contributed by atoms with Gasteiger partial charge in [-0.25, -0.2) is 0 Å². The average molecular weight is 246 g/mol. The molecular weight excluding hydrogens is 220 g/mol. The van der Waals surface area contributed by atoms with Gasteiger partial charge in [0.2, 0.25) is 0 Å². The maximum absolute atomic E-state index is 9.16. The fourth-order valence-corrected chi connectivity index (χ4v) is 1.44. The summed E-state index contributed by atoms with van der Waals surface area (Å²) in [5, 5.41) is 9.16. The summed E-state index contributed by atoms with van der Waals surface area (Å²) in [6.45, 7) is 4.14. The molecule has 0 saturated heterocycles. The summed E-state index contributed by atoms with van der Waals surface area (Å²) in [5.74, 6) is 11.0. The second kappa shape index (κ2) is 13.9. The standard InChI is InChI=1S/C17H26O/c1-3-5-6-7-8-9-10-11-12-13-14-15-16-17(18)4-2/h10-11,17-18H,3-9,12H2,1-2H3/b11-10-/t17-/m0/s1. The van der Waals surface area contributed by atoms with Crippen molar-refractivity contribution in [1.29, 1.82) is 0 Å². The minimum atomic E-state index is -0.530. The number of aliphatic hydroxyl groups excluding tert-OH is 1. The van der Waals surface area contributed by atoms with E-state index in [0.29, 0.717) is 6.42 Å². The first kappa shape index (κ1) is 16.8. The fraction of sp³-hybridized carbons (Fsp3) is 0.647. The predicted octanol–water partition coefficient (Wildman–Crippen LogP) is 4.07. The van der Waals surface area contributed by atoms with Crippen molar-refractivity contribution in [3.8, 4) is 23.7 Å². The molecule has 18 heavy (non-hydrogen) atoms. The minimum Gasteiger partial charge on any atom is -0.380 e. The average Bonchev–Trinajstić information content (AvgIpc) is 2.39. The molecule has 0 radical (unpaired) electrons. The summed E-state index contributed by atoms with van der Waals surface area (Å²) in [6, 6.07) is 0. The molecule has 0 aromatic carbocycles. The van der Waals surface area contributed by atoms with Gasteiger partial charge in [0.05, 0.1) is 0 Å². The molecule has 1 N–H and O–H groups in total. The molecule has 1 atom stereocenters. The maximum atomic E-state index is 9.16. The van der Waals surface area contributed by atoms with E-state index in [-0.39, 0.29) is 0 Å². The number of hydrogen-bond acceptors (Lipinski definition) is 1. The molecule has 0 bridgehead atoms. The molecule has 1 nitrogen and oxygen atoms in total. The molecule has 0 aliphatic rings. The Morgan fingerprint density at radius 1 is 1.00 bits per heavy atom. The van der Waals surface area contributed by atoms with Crippen molar-refractivity contribution in [3.63, 3.8) is 0 Å². The molecule has 100 valence electrons. The van der Waals surface area contributed by atoms with Gasteiger partial charge >= 0.3 is 0 Å². The topological polar surface area (TPSA) is 20.2 Å². The van der Waals surface area contributed by atoms with E-state index < -0.39 is 6.10 Å². The van der Waals surface area contributed by atoms with Gasteiger partial charge in [0.15, 0.2) is 0 Å². The molecule has 0 amide bonds. The highest BCUT2D eigenvalue weighted by atomic mass is 16.3. The second-order valence-electron chi connectivity index (χ2n) is 4.37. The lowest BCUT2D eigenvalue weighted by Crippen LogP contribution is -1.98. The fourth-order valence-electron chi connectivity index (χ4n) is 1.44. The van der Waals surface area contributed by atoms with E-state index in [0.717, 1.165) is 12.8 Å². The summed E-state index contributed by atoms with van der Waals surface area (Å²) in [6.07, 6.45) is 13.0. The highest BCUT2D eigenvalue weighted by Gasteiger charge is 1.89. The number of rotatable bonds is 8. The SMILES string of the molecule is CCCCCCC/C=C\CC#CC#C[C@@H](O)CC. The van der Waals surface area contributed by atoms with E-state index in [1.165, 1.54) is 32.1 Å². The van der Waals surface area contributed by atoms with Crippen molar-refractivity contribution < 1.29 is 5.11 Å². The Bertz CT molecular complexity index is 319. The summed E-state index contributed by atoms with van der Waals surface area (Å²) in [5.41, 5.74) is 0. The Morgan fingerprint density at radius 3 is 2.50 bits per heavy atom. The van der Waals surface area contributed by atoms with Gasteiger partial charge in [-0.1, -0.05) is 63.5 Å². The Kier molecular flexibility index (Phi) is 13.0. The third-order valence-corrected chi connectivity index (χ3v) is 2.64. The monoisotopic (exact) mass is 246 g/mol. The highest BCUT2D eigenvalue weighted by molar-refractivity contribution is 5.27. The molecular formula is C17H26O. The van der Waals surface area contributed by atoms with Crippen LogP contribution in [0.2, 0.25) is 0 Å². The van der Waals surface area contributed by atoms with Gasteiger partial charge in [-0.3, -0.25) is 0 Å². The van der Waals surface area contributed by atoms with Crippen LogP contribution < -0.4 is 0 Å². The molecule has 1 heteroatoms. The lowest BCUT2D eigenvalue weighted by atomic mass is 10.1.